The quantitative estimate of drug-likeness (QED) is 0.683. The first-order chi connectivity index (χ1) is 13.3. The number of pyridine rings is 1. The minimum Gasteiger partial charge on any atom is -0.444 e. The number of anilines is 1. The molecule has 1 saturated heterocycles. The second-order valence-corrected chi connectivity index (χ2v) is 8.18. The van der Waals surface area contributed by atoms with Crippen LogP contribution < -0.4 is 5.73 Å². The minimum absolute atomic E-state index is 0.0972. The van der Waals surface area contributed by atoms with Crippen LogP contribution >= 0.6 is 0 Å². The van der Waals surface area contributed by atoms with Crippen LogP contribution in [0.2, 0.25) is 0 Å². The number of carbonyl (C=O) groups is 1. The largest absolute Gasteiger partial charge is 0.444 e. The summed E-state index contributed by atoms with van der Waals surface area (Å²) in [5, 5.41) is 5.89. The lowest BCUT2D eigenvalue weighted by atomic mass is 10.1. The molecule has 7 heteroatoms. The second kappa shape index (κ2) is 6.82. The zero-order valence-electron chi connectivity index (χ0n) is 16.4. The zero-order valence-corrected chi connectivity index (χ0v) is 16.4. The van der Waals surface area contributed by atoms with Gasteiger partial charge in [0.1, 0.15) is 11.3 Å². The molecule has 0 saturated carbocycles. The summed E-state index contributed by atoms with van der Waals surface area (Å²) in [4.78, 5) is 18.4. The van der Waals surface area contributed by atoms with E-state index in [-0.39, 0.29) is 12.1 Å². The number of rotatable bonds is 2. The number of nitrogens with zero attached hydrogens (tertiary/aromatic N) is 4. The van der Waals surface area contributed by atoms with E-state index in [1.165, 1.54) is 0 Å². The summed E-state index contributed by atoms with van der Waals surface area (Å²) in [5.74, 6) is 0. The average molecular weight is 379 g/mol. The van der Waals surface area contributed by atoms with Gasteiger partial charge in [0.05, 0.1) is 11.6 Å². The molecule has 0 bridgehead atoms. The first kappa shape index (κ1) is 18.3. The first-order valence-electron chi connectivity index (χ1n) is 9.48. The molecule has 0 aliphatic carbocycles. The molecule has 1 amide bonds. The minimum atomic E-state index is -0.498. The molecule has 28 heavy (non-hydrogen) atoms. The Morgan fingerprint density at radius 2 is 1.96 bits per heavy atom. The Hall–Kier alpha value is -3.09. The van der Waals surface area contributed by atoms with Crippen molar-refractivity contribution < 1.29 is 9.53 Å². The van der Waals surface area contributed by atoms with E-state index >= 15 is 0 Å². The van der Waals surface area contributed by atoms with Gasteiger partial charge in [-0.2, -0.15) is 5.10 Å². The number of amides is 1. The third-order valence-corrected chi connectivity index (χ3v) is 4.85. The number of hydrogen-bond acceptors (Lipinski definition) is 5. The highest BCUT2D eigenvalue weighted by atomic mass is 16.6. The fraction of sp³-hybridized carbons (Fsp3) is 0.381. The van der Waals surface area contributed by atoms with E-state index < -0.39 is 5.60 Å². The zero-order chi connectivity index (χ0) is 19.9. The van der Waals surface area contributed by atoms with Gasteiger partial charge in [-0.15, -0.1) is 0 Å². The molecule has 1 atom stereocenters. The van der Waals surface area contributed by atoms with Crippen LogP contribution in [-0.4, -0.2) is 44.4 Å². The van der Waals surface area contributed by atoms with Gasteiger partial charge in [0, 0.05) is 42.1 Å². The predicted octanol–water partition coefficient (Wildman–Crippen LogP) is 3.86. The number of nitrogen functional groups attached to an aromatic ring is 1. The normalized spacial score (nSPS) is 17.2. The van der Waals surface area contributed by atoms with Gasteiger partial charge in [-0.05, 0) is 45.4 Å². The maximum atomic E-state index is 12.4. The van der Waals surface area contributed by atoms with Crippen molar-refractivity contribution in [3.05, 3.63) is 42.7 Å². The van der Waals surface area contributed by atoms with E-state index in [9.17, 15) is 4.79 Å². The van der Waals surface area contributed by atoms with Gasteiger partial charge in [-0.25, -0.2) is 4.79 Å². The van der Waals surface area contributed by atoms with Gasteiger partial charge >= 0.3 is 6.09 Å². The van der Waals surface area contributed by atoms with Gasteiger partial charge in [0.25, 0.3) is 0 Å². The summed E-state index contributed by atoms with van der Waals surface area (Å²) < 4.78 is 7.54. The summed E-state index contributed by atoms with van der Waals surface area (Å²) >= 11 is 0. The van der Waals surface area contributed by atoms with Gasteiger partial charge < -0.3 is 15.4 Å². The molecular weight excluding hydrogens is 354 g/mol. The van der Waals surface area contributed by atoms with E-state index in [0.29, 0.717) is 13.1 Å². The van der Waals surface area contributed by atoms with Crippen molar-refractivity contribution in [2.75, 3.05) is 18.8 Å². The van der Waals surface area contributed by atoms with Crippen molar-refractivity contribution in [3.8, 4) is 11.3 Å². The number of benzene rings is 1. The molecule has 1 fully saturated rings. The van der Waals surface area contributed by atoms with E-state index in [1.807, 2.05) is 62.0 Å². The number of hydrogen-bond donors (Lipinski definition) is 1. The number of ether oxygens (including phenoxy) is 1. The third-order valence-electron chi connectivity index (χ3n) is 4.85. The van der Waals surface area contributed by atoms with Crippen LogP contribution in [0.5, 0.6) is 0 Å². The molecule has 146 valence electrons. The first-order valence-corrected chi connectivity index (χ1v) is 9.48. The van der Waals surface area contributed by atoms with Crippen LogP contribution in [0.15, 0.2) is 42.7 Å². The summed E-state index contributed by atoms with van der Waals surface area (Å²) in [6.45, 7) is 6.88. The van der Waals surface area contributed by atoms with Crippen LogP contribution in [0.1, 0.15) is 33.2 Å². The fourth-order valence-corrected chi connectivity index (χ4v) is 3.55. The highest BCUT2D eigenvalue weighted by Gasteiger charge is 2.32. The molecular formula is C21H25N5O2. The van der Waals surface area contributed by atoms with Crippen LogP contribution in [0, 0.1) is 0 Å². The number of nitrogens with two attached hydrogens (primary N) is 1. The number of fused-ring (bicyclic) bond motifs is 1. The van der Waals surface area contributed by atoms with E-state index in [4.69, 9.17) is 15.6 Å². The lowest BCUT2D eigenvalue weighted by Crippen LogP contribution is -2.35. The molecule has 7 nitrogen and oxygen atoms in total. The molecule has 1 aliphatic heterocycles. The molecule has 4 rings (SSSR count). The molecule has 3 aromatic rings. The van der Waals surface area contributed by atoms with Crippen LogP contribution in [0.3, 0.4) is 0 Å². The van der Waals surface area contributed by atoms with Crippen LogP contribution in [-0.2, 0) is 4.74 Å². The second-order valence-electron chi connectivity index (χ2n) is 8.18. The van der Waals surface area contributed by atoms with Crippen molar-refractivity contribution in [1.29, 1.82) is 0 Å². The van der Waals surface area contributed by atoms with Crippen LogP contribution in [0.25, 0.3) is 22.2 Å². The van der Waals surface area contributed by atoms with E-state index in [1.54, 1.807) is 11.1 Å². The van der Waals surface area contributed by atoms with Crippen molar-refractivity contribution in [2.45, 2.75) is 38.8 Å². The predicted molar refractivity (Wildman–Crippen MR) is 109 cm³/mol. The summed E-state index contributed by atoms with van der Waals surface area (Å²) in [5.41, 5.74) is 8.92. The Labute approximate surface area is 164 Å². The van der Waals surface area contributed by atoms with Gasteiger partial charge in [0.15, 0.2) is 0 Å². The van der Waals surface area contributed by atoms with Gasteiger partial charge in [-0.3, -0.25) is 9.67 Å². The molecule has 0 spiro atoms. The standard InChI is InChI=1S/C21H25N5O2/c1-21(2,3)28-20(27)25-11-9-16(13-25)26-18-8-10-23-12-17(18)19(24-26)14-4-6-15(22)7-5-14/h4-8,10,12,16H,9,11,13,22H2,1-3H3/t16-/m1/s1. The van der Waals surface area contributed by atoms with Crippen molar-refractivity contribution in [3.63, 3.8) is 0 Å². The summed E-state index contributed by atoms with van der Waals surface area (Å²) in [6.07, 6.45) is 4.17. The van der Waals surface area contributed by atoms with Gasteiger partial charge in [0.2, 0.25) is 0 Å². The summed E-state index contributed by atoms with van der Waals surface area (Å²) in [6, 6.07) is 9.75. The third kappa shape index (κ3) is 3.52. The maximum absolute atomic E-state index is 12.4. The number of likely N-dealkylation sites (tertiary alicyclic amines) is 1. The number of carbonyl (C=O) groups excluding carboxylic acids is 1. The molecule has 0 radical (unpaired) electrons. The molecule has 1 aromatic carbocycles. The van der Waals surface area contributed by atoms with E-state index in [0.717, 1.165) is 34.3 Å². The Kier molecular flexibility index (Phi) is 4.45. The van der Waals surface area contributed by atoms with Crippen molar-refractivity contribution >= 4 is 22.7 Å². The Balaban J connectivity index is 1.65. The monoisotopic (exact) mass is 379 g/mol. The Morgan fingerprint density at radius 3 is 2.68 bits per heavy atom. The fourth-order valence-electron chi connectivity index (χ4n) is 3.55. The maximum Gasteiger partial charge on any atom is 0.410 e. The average Bonchev–Trinajstić information content (AvgIpc) is 3.26. The molecule has 1 aliphatic rings. The molecule has 3 heterocycles. The lowest BCUT2D eigenvalue weighted by Gasteiger charge is -2.24. The van der Waals surface area contributed by atoms with Crippen molar-refractivity contribution in [2.24, 2.45) is 0 Å². The molecule has 2 N–H and O–H groups in total. The Bertz CT molecular complexity index is 1000. The lowest BCUT2D eigenvalue weighted by molar-refractivity contribution is 0.0288. The smallest absolute Gasteiger partial charge is 0.410 e. The van der Waals surface area contributed by atoms with Crippen LogP contribution in [0.4, 0.5) is 10.5 Å². The number of aromatic nitrogens is 3. The topological polar surface area (TPSA) is 86.3 Å². The van der Waals surface area contributed by atoms with E-state index in [2.05, 4.69) is 4.98 Å². The Morgan fingerprint density at radius 1 is 1.21 bits per heavy atom. The SMILES string of the molecule is CC(C)(C)OC(=O)N1CC[C@@H](n2nc(-c3ccc(N)cc3)c3cnccc32)C1. The van der Waals surface area contributed by atoms with Crippen molar-refractivity contribution in [1.82, 2.24) is 19.7 Å². The highest BCUT2D eigenvalue weighted by molar-refractivity contribution is 5.92. The van der Waals surface area contributed by atoms with Gasteiger partial charge in [-0.1, -0.05) is 12.1 Å². The molecule has 2 aromatic heterocycles. The summed E-state index contributed by atoms with van der Waals surface area (Å²) in [7, 11) is 0. The molecule has 0 unspecified atom stereocenters. The highest BCUT2D eigenvalue weighted by Crippen LogP contribution is 2.32.